The molecule has 28 heavy (non-hydrogen) atoms. The Morgan fingerprint density at radius 1 is 1.25 bits per heavy atom. The van der Waals surface area contributed by atoms with E-state index in [0.717, 1.165) is 22.7 Å². The van der Waals surface area contributed by atoms with Crippen molar-refractivity contribution in [2.24, 2.45) is 0 Å². The molecular weight excluding hydrogens is 420 g/mol. The lowest BCUT2D eigenvalue weighted by atomic mass is 10.2. The zero-order valence-electron chi connectivity index (χ0n) is 15.4. The van der Waals surface area contributed by atoms with E-state index in [1.54, 1.807) is 35.2 Å². The maximum atomic E-state index is 12.6. The van der Waals surface area contributed by atoms with E-state index in [1.807, 2.05) is 19.9 Å². The highest BCUT2D eigenvalue weighted by atomic mass is 35.5. The minimum absolute atomic E-state index is 0.208. The summed E-state index contributed by atoms with van der Waals surface area (Å²) in [5, 5.41) is 8.98. The lowest BCUT2D eigenvalue weighted by Gasteiger charge is -2.16. The number of anilines is 2. The van der Waals surface area contributed by atoms with Crippen molar-refractivity contribution >= 4 is 50.2 Å². The van der Waals surface area contributed by atoms with Crippen molar-refractivity contribution in [3.8, 4) is 0 Å². The van der Waals surface area contributed by atoms with Crippen LogP contribution in [0.25, 0.3) is 0 Å². The fourth-order valence-electron chi connectivity index (χ4n) is 2.69. The number of nitrogens with zero attached hydrogens (tertiary/aromatic N) is 2. The minimum atomic E-state index is -3.66. The third-order valence-corrected chi connectivity index (χ3v) is 7.12. The number of benzene rings is 1. The number of rotatable bonds is 6. The molecule has 3 aromatic rings. The number of nitrogens with one attached hydrogen (secondary N) is 2. The van der Waals surface area contributed by atoms with Crippen molar-refractivity contribution in [1.82, 2.24) is 9.78 Å². The molecule has 2 aromatic heterocycles. The number of hydrogen-bond donors (Lipinski definition) is 2. The molecule has 1 aromatic carbocycles. The van der Waals surface area contributed by atoms with Gasteiger partial charge in [0.05, 0.1) is 22.1 Å². The maximum Gasteiger partial charge on any atom is 0.271 e. The van der Waals surface area contributed by atoms with Gasteiger partial charge in [0.2, 0.25) is 5.91 Å². The highest BCUT2D eigenvalue weighted by Crippen LogP contribution is 2.28. The van der Waals surface area contributed by atoms with Gasteiger partial charge in [-0.1, -0.05) is 17.7 Å². The van der Waals surface area contributed by atoms with Gasteiger partial charge in [0.15, 0.2) is 0 Å². The van der Waals surface area contributed by atoms with Gasteiger partial charge in [-0.3, -0.25) is 14.2 Å². The number of sulfonamides is 1. The Morgan fingerprint density at radius 2 is 2.00 bits per heavy atom. The van der Waals surface area contributed by atoms with E-state index in [0.29, 0.717) is 11.4 Å². The van der Waals surface area contributed by atoms with Crippen LogP contribution >= 0.6 is 22.9 Å². The summed E-state index contributed by atoms with van der Waals surface area (Å²) in [6.45, 7) is 5.48. The van der Waals surface area contributed by atoms with Crippen molar-refractivity contribution in [3.63, 3.8) is 0 Å². The first-order valence-corrected chi connectivity index (χ1v) is 11.1. The van der Waals surface area contributed by atoms with Gasteiger partial charge < -0.3 is 5.32 Å². The summed E-state index contributed by atoms with van der Waals surface area (Å²) in [4.78, 5) is 12.6. The van der Waals surface area contributed by atoms with Gasteiger partial charge >= 0.3 is 0 Å². The van der Waals surface area contributed by atoms with E-state index in [4.69, 9.17) is 11.6 Å². The second kappa shape index (κ2) is 7.94. The topological polar surface area (TPSA) is 93.1 Å². The Hall–Kier alpha value is -2.36. The van der Waals surface area contributed by atoms with Crippen LogP contribution in [0.3, 0.4) is 0 Å². The fraction of sp³-hybridized carbons (Fsp3) is 0.222. The predicted octanol–water partition coefficient (Wildman–Crippen LogP) is 4.22. The number of hydrogen-bond acceptors (Lipinski definition) is 5. The summed E-state index contributed by atoms with van der Waals surface area (Å²) < 4.78 is 28.9. The minimum Gasteiger partial charge on any atom is -0.323 e. The van der Waals surface area contributed by atoms with Crippen LogP contribution in [0.5, 0.6) is 0 Å². The van der Waals surface area contributed by atoms with Crippen molar-refractivity contribution in [3.05, 3.63) is 58.2 Å². The molecule has 148 valence electrons. The van der Waals surface area contributed by atoms with Crippen LogP contribution in [-0.4, -0.2) is 24.1 Å². The number of halogens is 1. The Balaban J connectivity index is 1.74. The zero-order chi connectivity index (χ0) is 20.5. The van der Waals surface area contributed by atoms with Crippen molar-refractivity contribution in [2.75, 3.05) is 10.0 Å². The van der Waals surface area contributed by atoms with Crippen LogP contribution < -0.4 is 10.0 Å². The monoisotopic (exact) mass is 438 g/mol. The van der Waals surface area contributed by atoms with Crippen molar-refractivity contribution in [1.29, 1.82) is 0 Å². The Morgan fingerprint density at radius 3 is 2.57 bits per heavy atom. The number of carbonyl (C=O) groups is 1. The highest BCUT2D eigenvalue weighted by Gasteiger charge is 2.20. The van der Waals surface area contributed by atoms with Crippen molar-refractivity contribution < 1.29 is 13.2 Å². The van der Waals surface area contributed by atoms with Gasteiger partial charge in [0.25, 0.3) is 10.0 Å². The van der Waals surface area contributed by atoms with E-state index >= 15 is 0 Å². The Labute approximate surface area is 172 Å². The average molecular weight is 439 g/mol. The summed E-state index contributed by atoms with van der Waals surface area (Å²) in [5.41, 5.74) is 2.41. The summed E-state index contributed by atoms with van der Waals surface area (Å²) >= 11 is 7.36. The molecule has 2 heterocycles. The largest absolute Gasteiger partial charge is 0.323 e. The Bertz CT molecular complexity index is 1110. The summed E-state index contributed by atoms with van der Waals surface area (Å²) in [6.07, 6.45) is 0. The summed E-state index contributed by atoms with van der Waals surface area (Å²) in [5.74, 6) is -0.278. The van der Waals surface area contributed by atoms with Crippen LogP contribution in [0.15, 0.2) is 46.0 Å². The van der Waals surface area contributed by atoms with Gasteiger partial charge in [-0.25, -0.2) is 8.42 Å². The molecule has 0 aliphatic heterocycles. The van der Waals surface area contributed by atoms with Crippen LogP contribution in [-0.2, 0) is 14.8 Å². The number of amides is 1. The van der Waals surface area contributed by atoms with E-state index in [2.05, 4.69) is 15.1 Å². The molecule has 1 atom stereocenters. The molecule has 0 aliphatic rings. The molecule has 3 rings (SSSR count). The summed E-state index contributed by atoms with van der Waals surface area (Å²) in [7, 11) is -3.66. The molecule has 0 spiro atoms. The molecule has 2 N–H and O–H groups in total. The second-order valence-electron chi connectivity index (χ2n) is 6.27. The smallest absolute Gasteiger partial charge is 0.271 e. The lowest BCUT2D eigenvalue weighted by Crippen LogP contribution is -2.25. The maximum absolute atomic E-state index is 12.6. The number of aryl methyl sites for hydroxylation is 2. The lowest BCUT2D eigenvalue weighted by molar-refractivity contribution is -0.119. The van der Waals surface area contributed by atoms with Crippen LogP contribution in [0.4, 0.5) is 11.4 Å². The molecule has 1 unspecified atom stereocenters. The van der Waals surface area contributed by atoms with E-state index in [1.165, 1.54) is 12.1 Å². The van der Waals surface area contributed by atoms with E-state index in [-0.39, 0.29) is 15.1 Å². The predicted molar refractivity (Wildman–Crippen MR) is 112 cm³/mol. The third-order valence-electron chi connectivity index (χ3n) is 4.03. The molecule has 0 saturated carbocycles. The second-order valence-corrected chi connectivity index (χ2v) is 9.53. The normalized spacial score (nSPS) is 12.6. The number of aromatic nitrogens is 2. The van der Waals surface area contributed by atoms with Gasteiger partial charge in [-0.2, -0.15) is 5.10 Å². The zero-order valence-corrected chi connectivity index (χ0v) is 17.8. The molecule has 7 nitrogen and oxygen atoms in total. The highest BCUT2D eigenvalue weighted by molar-refractivity contribution is 7.94. The molecule has 0 radical (unpaired) electrons. The third kappa shape index (κ3) is 4.37. The molecule has 0 bridgehead atoms. The van der Waals surface area contributed by atoms with Crippen LogP contribution in [0.2, 0.25) is 5.02 Å². The van der Waals surface area contributed by atoms with Crippen LogP contribution in [0.1, 0.15) is 24.4 Å². The number of carbonyl (C=O) groups excluding carboxylic acids is 1. The first-order valence-electron chi connectivity index (χ1n) is 8.37. The fourth-order valence-corrected chi connectivity index (χ4v) is 4.96. The summed E-state index contributed by atoms with van der Waals surface area (Å²) in [6, 6.07) is 9.10. The molecule has 0 fully saturated rings. The molecule has 0 saturated heterocycles. The van der Waals surface area contributed by atoms with Gasteiger partial charge in [0.1, 0.15) is 10.3 Å². The van der Waals surface area contributed by atoms with Gasteiger partial charge in [-0.05, 0) is 56.5 Å². The van der Waals surface area contributed by atoms with Crippen molar-refractivity contribution in [2.45, 2.75) is 31.0 Å². The molecular formula is C18H19ClN4O3S2. The standard InChI is InChI=1S/C18H19ClN4O3S2/c1-11-9-12(2)23(21-11)13(3)18(24)20-16-7-6-14(10-15(16)19)22-28(25,26)17-5-4-8-27-17/h4-10,13,22H,1-3H3,(H,20,24). The number of thiophene rings is 1. The van der Waals surface area contributed by atoms with E-state index < -0.39 is 16.1 Å². The SMILES string of the molecule is Cc1cc(C)n(C(C)C(=O)Nc2ccc(NS(=O)(=O)c3cccs3)cc2Cl)n1. The molecule has 0 aliphatic carbocycles. The molecule has 1 amide bonds. The quantitative estimate of drug-likeness (QED) is 0.602. The average Bonchev–Trinajstić information content (AvgIpc) is 3.26. The Kier molecular flexibility index (Phi) is 5.78. The van der Waals surface area contributed by atoms with Crippen LogP contribution in [0, 0.1) is 13.8 Å². The first kappa shape index (κ1) is 20.4. The van der Waals surface area contributed by atoms with E-state index in [9.17, 15) is 13.2 Å². The first-order chi connectivity index (χ1) is 13.2. The molecule has 10 heteroatoms. The van der Waals surface area contributed by atoms with Gasteiger partial charge in [0, 0.05) is 5.69 Å². The van der Waals surface area contributed by atoms with Gasteiger partial charge in [-0.15, -0.1) is 11.3 Å².